The third-order valence-corrected chi connectivity index (χ3v) is 4.19. The minimum Gasteiger partial charge on any atom is -0.399 e. The van der Waals surface area contributed by atoms with E-state index in [2.05, 4.69) is 24.2 Å². The molecule has 2 unspecified atom stereocenters. The van der Waals surface area contributed by atoms with E-state index in [1.165, 1.54) is 12.8 Å². The molecule has 1 fully saturated rings. The van der Waals surface area contributed by atoms with Gasteiger partial charge in [0.1, 0.15) is 0 Å². The fraction of sp³-hybridized carbons (Fsp3) is 0.562. The first-order valence-corrected chi connectivity index (χ1v) is 7.34. The molecular weight excluding hydrogens is 250 g/mol. The zero-order chi connectivity index (χ0) is 14.7. The van der Waals surface area contributed by atoms with E-state index in [-0.39, 0.29) is 11.8 Å². The summed E-state index contributed by atoms with van der Waals surface area (Å²) < 4.78 is 0. The molecule has 110 valence electrons. The van der Waals surface area contributed by atoms with Crippen molar-refractivity contribution in [2.24, 2.45) is 0 Å². The third kappa shape index (κ3) is 3.73. The number of rotatable bonds is 6. The Balaban J connectivity index is 1.84. The summed E-state index contributed by atoms with van der Waals surface area (Å²) in [5.41, 5.74) is 7.42. The number of carbonyl (C=O) groups is 1. The van der Waals surface area contributed by atoms with Crippen LogP contribution in [-0.4, -0.2) is 36.5 Å². The molecule has 1 saturated carbocycles. The molecule has 1 aromatic carbocycles. The van der Waals surface area contributed by atoms with Gasteiger partial charge in [-0.15, -0.1) is 0 Å². The summed E-state index contributed by atoms with van der Waals surface area (Å²) in [5.74, 6) is -0.108. The maximum absolute atomic E-state index is 12.2. The maximum Gasteiger partial charge on any atom is 0.227 e. The molecule has 0 radical (unpaired) electrons. The Hall–Kier alpha value is -1.55. The second-order valence-corrected chi connectivity index (χ2v) is 5.88. The number of amides is 1. The lowest BCUT2D eigenvalue weighted by Crippen LogP contribution is -2.42. The zero-order valence-corrected chi connectivity index (χ0v) is 12.6. The molecule has 0 aliphatic heterocycles. The van der Waals surface area contributed by atoms with Crippen molar-refractivity contribution < 1.29 is 4.79 Å². The highest BCUT2D eigenvalue weighted by Crippen LogP contribution is 2.26. The van der Waals surface area contributed by atoms with Crippen molar-refractivity contribution >= 4 is 11.6 Å². The first-order valence-electron chi connectivity index (χ1n) is 7.34. The van der Waals surface area contributed by atoms with Gasteiger partial charge in [-0.2, -0.15) is 0 Å². The van der Waals surface area contributed by atoms with E-state index in [1.54, 1.807) is 0 Å². The van der Waals surface area contributed by atoms with Gasteiger partial charge in [0.15, 0.2) is 0 Å². The fourth-order valence-electron chi connectivity index (χ4n) is 2.37. The number of nitrogens with zero attached hydrogens (tertiary/aromatic N) is 1. The van der Waals surface area contributed by atoms with Crippen molar-refractivity contribution in [3.05, 3.63) is 29.8 Å². The predicted octanol–water partition coefficient (Wildman–Crippen LogP) is 1.97. The van der Waals surface area contributed by atoms with Gasteiger partial charge in [0, 0.05) is 24.3 Å². The molecule has 1 amide bonds. The summed E-state index contributed by atoms with van der Waals surface area (Å²) in [6, 6.07) is 8.62. The zero-order valence-electron chi connectivity index (χ0n) is 12.6. The normalized spacial score (nSPS) is 17.8. The van der Waals surface area contributed by atoms with Gasteiger partial charge in [-0.25, -0.2) is 0 Å². The lowest BCUT2D eigenvalue weighted by Gasteiger charge is -2.25. The van der Waals surface area contributed by atoms with Crippen LogP contribution in [0.5, 0.6) is 0 Å². The van der Waals surface area contributed by atoms with Crippen LogP contribution in [0.25, 0.3) is 0 Å². The smallest absolute Gasteiger partial charge is 0.227 e. The number of carbonyl (C=O) groups excluding carboxylic acids is 1. The van der Waals surface area contributed by atoms with Gasteiger partial charge in [0.2, 0.25) is 5.91 Å². The first-order chi connectivity index (χ1) is 9.49. The quantitative estimate of drug-likeness (QED) is 0.780. The molecule has 0 bridgehead atoms. The van der Waals surface area contributed by atoms with Crippen molar-refractivity contribution in [1.82, 2.24) is 10.2 Å². The number of nitrogen functional groups attached to an aromatic ring is 1. The monoisotopic (exact) mass is 275 g/mol. The van der Waals surface area contributed by atoms with Gasteiger partial charge in [-0.3, -0.25) is 9.69 Å². The Morgan fingerprint density at radius 3 is 2.75 bits per heavy atom. The standard InChI is InChI=1S/C16H25N3O/c1-11(19(3)15-7-8-15)10-18-16(20)12(2)13-5-4-6-14(17)9-13/h4-6,9,11-12,15H,7-8,10,17H2,1-3H3,(H,18,20). The first kappa shape index (κ1) is 14.9. The Bertz CT molecular complexity index is 471. The number of nitrogens with two attached hydrogens (primary N) is 1. The summed E-state index contributed by atoms with van der Waals surface area (Å²) in [4.78, 5) is 14.5. The minimum absolute atomic E-state index is 0.0617. The molecular formula is C16H25N3O. The van der Waals surface area contributed by atoms with Crippen molar-refractivity contribution in [2.75, 3.05) is 19.3 Å². The van der Waals surface area contributed by atoms with E-state index in [9.17, 15) is 4.79 Å². The average Bonchev–Trinajstić information content (AvgIpc) is 3.27. The van der Waals surface area contributed by atoms with Crippen LogP contribution < -0.4 is 11.1 Å². The number of nitrogens with one attached hydrogen (secondary N) is 1. The second kappa shape index (κ2) is 6.27. The topological polar surface area (TPSA) is 58.4 Å². The Kier molecular flexibility index (Phi) is 4.65. The maximum atomic E-state index is 12.2. The lowest BCUT2D eigenvalue weighted by molar-refractivity contribution is -0.122. The van der Waals surface area contributed by atoms with E-state index in [1.807, 2.05) is 31.2 Å². The van der Waals surface area contributed by atoms with E-state index in [0.29, 0.717) is 24.3 Å². The highest BCUT2D eigenvalue weighted by molar-refractivity contribution is 5.83. The molecule has 0 heterocycles. The van der Waals surface area contributed by atoms with Crippen molar-refractivity contribution in [3.8, 4) is 0 Å². The van der Waals surface area contributed by atoms with E-state index >= 15 is 0 Å². The van der Waals surface area contributed by atoms with Gasteiger partial charge >= 0.3 is 0 Å². The van der Waals surface area contributed by atoms with Crippen LogP contribution in [0.4, 0.5) is 5.69 Å². The molecule has 0 saturated heterocycles. The van der Waals surface area contributed by atoms with E-state index < -0.39 is 0 Å². The summed E-state index contributed by atoms with van der Waals surface area (Å²) >= 11 is 0. The van der Waals surface area contributed by atoms with Gasteiger partial charge < -0.3 is 11.1 Å². The van der Waals surface area contributed by atoms with Crippen LogP contribution in [-0.2, 0) is 4.79 Å². The van der Waals surface area contributed by atoms with Crippen molar-refractivity contribution in [2.45, 2.75) is 44.7 Å². The van der Waals surface area contributed by atoms with Crippen LogP contribution in [0.2, 0.25) is 0 Å². The van der Waals surface area contributed by atoms with Crippen LogP contribution in [0, 0.1) is 0 Å². The van der Waals surface area contributed by atoms with Crippen LogP contribution in [0.1, 0.15) is 38.2 Å². The Labute approximate surface area is 121 Å². The Morgan fingerprint density at radius 1 is 1.45 bits per heavy atom. The molecule has 4 heteroatoms. The lowest BCUT2D eigenvalue weighted by atomic mass is 10.00. The number of anilines is 1. The van der Waals surface area contributed by atoms with Crippen LogP contribution >= 0.6 is 0 Å². The van der Waals surface area contributed by atoms with Gasteiger partial charge in [-0.1, -0.05) is 12.1 Å². The molecule has 3 N–H and O–H groups in total. The highest BCUT2D eigenvalue weighted by atomic mass is 16.1. The van der Waals surface area contributed by atoms with Gasteiger partial charge in [0.05, 0.1) is 5.92 Å². The summed E-state index contributed by atoms with van der Waals surface area (Å²) in [6.07, 6.45) is 2.57. The number of likely N-dealkylation sites (N-methyl/N-ethyl adjacent to an activating group) is 1. The molecule has 20 heavy (non-hydrogen) atoms. The van der Waals surface area contributed by atoms with Crippen LogP contribution in [0.15, 0.2) is 24.3 Å². The van der Waals surface area contributed by atoms with Crippen LogP contribution in [0.3, 0.4) is 0 Å². The molecule has 4 nitrogen and oxygen atoms in total. The summed E-state index contributed by atoms with van der Waals surface area (Å²) in [6.45, 7) is 4.77. The van der Waals surface area contributed by atoms with Gasteiger partial charge in [0.25, 0.3) is 0 Å². The third-order valence-electron chi connectivity index (χ3n) is 4.19. The molecule has 0 spiro atoms. The van der Waals surface area contributed by atoms with Crippen molar-refractivity contribution in [1.29, 1.82) is 0 Å². The van der Waals surface area contributed by atoms with Gasteiger partial charge in [-0.05, 0) is 51.4 Å². The molecule has 0 aromatic heterocycles. The van der Waals surface area contributed by atoms with Crippen molar-refractivity contribution in [3.63, 3.8) is 0 Å². The summed E-state index contributed by atoms with van der Waals surface area (Å²) in [7, 11) is 2.13. The van der Waals surface area contributed by atoms with E-state index in [0.717, 1.165) is 5.56 Å². The Morgan fingerprint density at radius 2 is 2.15 bits per heavy atom. The molecule has 2 rings (SSSR count). The molecule has 2 atom stereocenters. The fourth-order valence-corrected chi connectivity index (χ4v) is 2.37. The summed E-state index contributed by atoms with van der Waals surface area (Å²) in [5, 5.41) is 3.04. The molecule has 1 aliphatic rings. The number of benzene rings is 1. The molecule has 1 aromatic rings. The number of hydrogen-bond acceptors (Lipinski definition) is 3. The average molecular weight is 275 g/mol. The highest BCUT2D eigenvalue weighted by Gasteiger charge is 2.29. The molecule has 1 aliphatic carbocycles. The minimum atomic E-state index is -0.170. The largest absolute Gasteiger partial charge is 0.399 e. The predicted molar refractivity (Wildman–Crippen MR) is 82.5 cm³/mol. The SMILES string of the molecule is CC(C(=O)NCC(C)N(C)C1CC1)c1cccc(N)c1. The number of hydrogen-bond donors (Lipinski definition) is 2. The van der Waals surface area contributed by atoms with E-state index in [4.69, 9.17) is 5.73 Å². The second-order valence-electron chi connectivity index (χ2n) is 5.88.